The Balaban J connectivity index is 1.51. The molecule has 0 bridgehead atoms. The highest BCUT2D eigenvalue weighted by atomic mass is 16.6. The van der Waals surface area contributed by atoms with Gasteiger partial charge in [0, 0.05) is 38.8 Å². The van der Waals surface area contributed by atoms with Gasteiger partial charge in [-0.05, 0) is 77.3 Å². The van der Waals surface area contributed by atoms with Crippen LogP contribution >= 0.6 is 0 Å². The maximum absolute atomic E-state index is 13.3. The van der Waals surface area contributed by atoms with Crippen molar-refractivity contribution < 1.29 is 33.4 Å². The van der Waals surface area contributed by atoms with Crippen LogP contribution in [-0.4, -0.2) is 84.2 Å². The van der Waals surface area contributed by atoms with E-state index in [0.29, 0.717) is 62.9 Å². The zero-order valence-corrected chi connectivity index (χ0v) is 25.1. The molecule has 2 aliphatic rings. The average Bonchev–Trinajstić information content (AvgIpc) is 2.95. The normalized spacial score (nSPS) is 18.8. The van der Waals surface area contributed by atoms with Crippen LogP contribution in [0.2, 0.25) is 0 Å². The molecule has 228 valence electrons. The number of carbonyl (C=O) groups excluding carboxylic acids is 4. The molecule has 2 fully saturated rings. The van der Waals surface area contributed by atoms with Crippen molar-refractivity contribution in [1.29, 1.82) is 0 Å². The Morgan fingerprint density at radius 1 is 1.07 bits per heavy atom. The lowest BCUT2D eigenvalue weighted by Crippen LogP contribution is -2.46. The van der Waals surface area contributed by atoms with E-state index in [9.17, 15) is 19.2 Å². The predicted molar refractivity (Wildman–Crippen MR) is 152 cm³/mol. The van der Waals surface area contributed by atoms with Crippen LogP contribution in [0.15, 0.2) is 18.5 Å². The number of aromatic nitrogens is 1. The van der Waals surface area contributed by atoms with Gasteiger partial charge in [-0.2, -0.15) is 0 Å². The third-order valence-electron chi connectivity index (χ3n) is 7.54. The lowest BCUT2D eigenvalue weighted by atomic mass is 9.91. The molecule has 0 aromatic carbocycles. The second-order valence-corrected chi connectivity index (χ2v) is 11.9. The summed E-state index contributed by atoms with van der Waals surface area (Å²) in [6.45, 7) is 10.2. The zero-order chi connectivity index (χ0) is 30.0. The van der Waals surface area contributed by atoms with E-state index in [1.807, 2.05) is 27.7 Å². The van der Waals surface area contributed by atoms with Gasteiger partial charge in [-0.1, -0.05) is 0 Å². The topological polar surface area (TPSA) is 127 Å². The van der Waals surface area contributed by atoms with E-state index >= 15 is 0 Å². The average molecular weight is 575 g/mol. The van der Waals surface area contributed by atoms with Gasteiger partial charge >= 0.3 is 12.1 Å². The predicted octanol–water partition coefficient (Wildman–Crippen LogP) is 3.87. The summed E-state index contributed by atoms with van der Waals surface area (Å²) in [5.74, 6) is -0.0345. The molecule has 2 atom stereocenters. The van der Waals surface area contributed by atoms with Crippen LogP contribution in [-0.2, 0) is 23.9 Å². The molecule has 41 heavy (non-hydrogen) atoms. The van der Waals surface area contributed by atoms with Gasteiger partial charge in [0.05, 0.1) is 38.3 Å². The largest absolute Gasteiger partial charge is 0.492 e. The highest BCUT2D eigenvalue weighted by Gasteiger charge is 2.32. The van der Waals surface area contributed by atoms with Gasteiger partial charge in [0.1, 0.15) is 11.4 Å². The van der Waals surface area contributed by atoms with E-state index in [1.54, 1.807) is 28.3 Å². The van der Waals surface area contributed by atoms with Crippen LogP contribution in [0.3, 0.4) is 0 Å². The van der Waals surface area contributed by atoms with Crippen molar-refractivity contribution in [2.45, 2.75) is 84.3 Å². The molecule has 1 aromatic rings. The van der Waals surface area contributed by atoms with E-state index in [1.165, 1.54) is 7.11 Å². The van der Waals surface area contributed by atoms with E-state index in [-0.39, 0.29) is 30.2 Å². The molecule has 0 aliphatic carbocycles. The number of likely N-dealkylation sites (tertiary alicyclic amines) is 2. The molecule has 3 amide bonds. The Labute approximate surface area is 243 Å². The highest BCUT2D eigenvalue weighted by molar-refractivity contribution is 5.82. The van der Waals surface area contributed by atoms with Gasteiger partial charge in [-0.25, -0.2) is 4.79 Å². The van der Waals surface area contributed by atoms with Gasteiger partial charge < -0.3 is 29.3 Å². The molecule has 3 heterocycles. The van der Waals surface area contributed by atoms with Crippen molar-refractivity contribution in [3.8, 4) is 5.75 Å². The third kappa shape index (κ3) is 10.2. The number of rotatable bonds is 10. The number of esters is 1. The molecule has 11 heteroatoms. The first kappa shape index (κ1) is 32.1. The van der Waals surface area contributed by atoms with Crippen molar-refractivity contribution in [3.63, 3.8) is 0 Å². The number of hydrogen-bond donors (Lipinski definition) is 1. The Morgan fingerprint density at radius 3 is 2.46 bits per heavy atom. The van der Waals surface area contributed by atoms with E-state index in [0.717, 1.165) is 25.7 Å². The molecule has 0 spiro atoms. The van der Waals surface area contributed by atoms with Gasteiger partial charge in [-0.15, -0.1) is 0 Å². The Bertz CT molecular complexity index is 1050. The van der Waals surface area contributed by atoms with Crippen molar-refractivity contribution in [2.24, 2.45) is 11.8 Å². The molecule has 2 saturated heterocycles. The minimum atomic E-state index is -0.625. The minimum absolute atomic E-state index is 0.0401. The molecule has 1 unspecified atom stereocenters. The fourth-order valence-corrected chi connectivity index (χ4v) is 5.30. The van der Waals surface area contributed by atoms with Crippen molar-refractivity contribution in [1.82, 2.24) is 20.1 Å². The van der Waals surface area contributed by atoms with Crippen LogP contribution in [0, 0.1) is 11.8 Å². The van der Waals surface area contributed by atoms with Crippen LogP contribution in [0.4, 0.5) is 4.79 Å². The first-order chi connectivity index (χ1) is 19.5. The van der Waals surface area contributed by atoms with Crippen LogP contribution in [0.1, 0.15) is 84.2 Å². The smallest absolute Gasteiger partial charge is 0.410 e. The van der Waals surface area contributed by atoms with Gasteiger partial charge in [-0.3, -0.25) is 19.4 Å². The zero-order valence-electron chi connectivity index (χ0n) is 25.1. The number of carbonyl (C=O) groups is 4. The Morgan fingerprint density at radius 2 is 1.80 bits per heavy atom. The SMILES string of the molecule is CCOc1cncc(C(CC(=O)OC)NC(=O)[C@@H]2CCCN(C(=O)CCC3CCN(C(=O)OC(C)(C)C)CC3)C2)c1. The summed E-state index contributed by atoms with van der Waals surface area (Å²) in [6, 6.07) is 1.14. The molecule has 3 rings (SSSR count). The number of amides is 3. The number of methoxy groups -OCH3 is 1. The quantitative estimate of drug-likeness (QED) is 0.417. The Hall–Kier alpha value is -3.37. The summed E-state index contributed by atoms with van der Waals surface area (Å²) >= 11 is 0. The van der Waals surface area contributed by atoms with Crippen LogP contribution < -0.4 is 10.1 Å². The summed E-state index contributed by atoms with van der Waals surface area (Å²) in [5, 5.41) is 2.99. The minimum Gasteiger partial charge on any atom is -0.492 e. The first-order valence-electron chi connectivity index (χ1n) is 14.7. The van der Waals surface area contributed by atoms with E-state index in [2.05, 4.69) is 10.3 Å². The summed E-state index contributed by atoms with van der Waals surface area (Å²) in [7, 11) is 1.31. The number of piperidine rings is 2. The summed E-state index contributed by atoms with van der Waals surface area (Å²) in [6.07, 6.45) is 7.15. The number of nitrogens with one attached hydrogen (secondary N) is 1. The molecule has 1 N–H and O–H groups in total. The lowest BCUT2D eigenvalue weighted by molar-refractivity contribution is -0.141. The van der Waals surface area contributed by atoms with Gasteiger partial charge in [0.25, 0.3) is 0 Å². The maximum atomic E-state index is 13.3. The Kier molecular flexibility index (Phi) is 11.8. The highest BCUT2D eigenvalue weighted by Crippen LogP contribution is 2.26. The fraction of sp³-hybridized carbons (Fsp3) is 0.700. The monoisotopic (exact) mass is 574 g/mol. The second-order valence-electron chi connectivity index (χ2n) is 11.9. The van der Waals surface area contributed by atoms with Crippen molar-refractivity contribution in [3.05, 3.63) is 24.0 Å². The maximum Gasteiger partial charge on any atom is 0.410 e. The lowest BCUT2D eigenvalue weighted by Gasteiger charge is -2.35. The number of nitrogens with zero attached hydrogens (tertiary/aromatic N) is 3. The summed E-state index contributed by atoms with van der Waals surface area (Å²) in [5.41, 5.74) is 0.133. The van der Waals surface area contributed by atoms with Gasteiger partial charge in [0.15, 0.2) is 0 Å². The summed E-state index contributed by atoms with van der Waals surface area (Å²) < 4.78 is 15.8. The molecule has 11 nitrogen and oxygen atoms in total. The number of hydrogen-bond acceptors (Lipinski definition) is 8. The second kappa shape index (κ2) is 15.0. The number of pyridine rings is 1. The molecule has 0 radical (unpaired) electrons. The van der Waals surface area contributed by atoms with Crippen LogP contribution in [0.5, 0.6) is 5.75 Å². The molecular weight excluding hydrogens is 528 g/mol. The van der Waals surface area contributed by atoms with E-state index in [4.69, 9.17) is 14.2 Å². The molecule has 0 saturated carbocycles. The van der Waals surface area contributed by atoms with E-state index < -0.39 is 17.6 Å². The molecule has 1 aromatic heterocycles. The van der Waals surface area contributed by atoms with Crippen molar-refractivity contribution >= 4 is 23.9 Å². The number of ether oxygens (including phenoxy) is 3. The standard InChI is InChI=1S/C30H46N4O7/c1-6-40-24-16-23(18-31-19-24)25(17-27(36)39-5)32-28(37)22-8-7-13-34(20-22)26(35)10-9-21-11-14-33(15-12-21)29(38)41-30(2,3)4/h16,18-19,21-22,25H,6-15,17,20H2,1-5H3,(H,32,37)/t22-,25?/m1/s1. The van der Waals surface area contributed by atoms with Gasteiger partial charge in [0.2, 0.25) is 11.8 Å². The molecular formula is C30H46N4O7. The van der Waals surface area contributed by atoms with Crippen LogP contribution in [0.25, 0.3) is 0 Å². The third-order valence-corrected chi connectivity index (χ3v) is 7.54. The van der Waals surface area contributed by atoms with Crippen molar-refractivity contribution in [2.75, 3.05) is 39.9 Å². The fourth-order valence-electron chi connectivity index (χ4n) is 5.30. The molecule has 2 aliphatic heterocycles. The first-order valence-corrected chi connectivity index (χ1v) is 14.7. The summed E-state index contributed by atoms with van der Waals surface area (Å²) in [4.78, 5) is 58.6.